The van der Waals surface area contributed by atoms with Crippen LogP contribution in [0.1, 0.15) is 5.69 Å². The van der Waals surface area contributed by atoms with Crippen molar-refractivity contribution in [3.63, 3.8) is 0 Å². The zero-order valence-corrected chi connectivity index (χ0v) is 14.6. The van der Waals surface area contributed by atoms with Gasteiger partial charge in [-0.15, -0.1) is 11.3 Å². The molecule has 1 N–H and O–H groups in total. The third kappa shape index (κ3) is 3.30. The van der Waals surface area contributed by atoms with Crippen molar-refractivity contribution >= 4 is 38.2 Å². The van der Waals surface area contributed by atoms with Gasteiger partial charge in [-0.2, -0.15) is 0 Å². The van der Waals surface area contributed by atoms with Crippen LogP contribution in [-0.4, -0.2) is 27.6 Å². The molecule has 0 aliphatic rings. The zero-order chi connectivity index (χ0) is 16.4. The van der Waals surface area contributed by atoms with Crippen molar-refractivity contribution in [3.8, 4) is 11.3 Å². The number of carbonyl (C=O) groups is 1. The Morgan fingerprint density at radius 2 is 2.17 bits per heavy atom. The SMILES string of the molecule is COC=C(Cc1csc2nc(-c3ccc(Br)cc3)cn12)C(=O)O. The first kappa shape index (κ1) is 15.8. The summed E-state index contributed by atoms with van der Waals surface area (Å²) in [6.45, 7) is 0. The predicted molar refractivity (Wildman–Crippen MR) is 92.6 cm³/mol. The van der Waals surface area contributed by atoms with Gasteiger partial charge in [-0.25, -0.2) is 9.78 Å². The van der Waals surface area contributed by atoms with Gasteiger partial charge in [0.25, 0.3) is 0 Å². The standard InChI is InChI=1S/C16H13BrN2O3S/c1-22-8-11(15(20)21)6-13-9-23-16-18-14(7-19(13)16)10-2-4-12(17)5-3-10/h2-5,7-9H,6H2,1H3,(H,20,21). The van der Waals surface area contributed by atoms with Crippen LogP contribution in [0.3, 0.4) is 0 Å². The molecule has 0 bridgehead atoms. The minimum absolute atomic E-state index is 0.200. The van der Waals surface area contributed by atoms with E-state index in [0.29, 0.717) is 0 Å². The Labute approximate surface area is 145 Å². The van der Waals surface area contributed by atoms with Crippen molar-refractivity contribution in [1.29, 1.82) is 0 Å². The van der Waals surface area contributed by atoms with Crippen molar-refractivity contribution in [2.75, 3.05) is 7.11 Å². The number of aliphatic carboxylic acids is 1. The molecule has 5 nitrogen and oxygen atoms in total. The lowest BCUT2D eigenvalue weighted by molar-refractivity contribution is -0.132. The van der Waals surface area contributed by atoms with Crippen molar-refractivity contribution < 1.29 is 14.6 Å². The molecule has 0 saturated carbocycles. The number of imidazole rings is 1. The maximum absolute atomic E-state index is 11.2. The number of aromatic nitrogens is 2. The molecular formula is C16H13BrN2O3S. The van der Waals surface area contributed by atoms with E-state index in [0.717, 1.165) is 26.4 Å². The van der Waals surface area contributed by atoms with Crippen LogP contribution in [0.25, 0.3) is 16.2 Å². The topological polar surface area (TPSA) is 63.8 Å². The molecule has 3 aromatic rings. The highest BCUT2D eigenvalue weighted by Crippen LogP contribution is 2.26. The van der Waals surface area contributed by atoms with Crippen LogP contribution in [-0.2, 0) is 16.0 Å². The van der Waals surface area contributed by atoms with E-state index >= 15 is 0 Å². The van der Waals surface area contributed by atoms with E-state index in [2.05, 4.69) is 20.9 Å². The Morgan fingerprint density at radius 1 is 1.43 bits per heavy atom. The monoisotopic (exact) mass is 392 g/mol. The summed E-state index contributed by atoms with van der Waals surface area (Å²) >= 11 is 4.90. The number of fused-ring (bicyclic) bond motifs is 1. The average molecular weight is 393 g/mol. The molecule has 0 saturated heterocycles. The second-order valence-corrected chi connectivity index (χ2v) is 6.63. The van der Waals surface area contributed by atoms with Crippen LogP contribution in [0.15, 0.2) is 52.2 Å². The summed E-state index contributed by atoms with van der Waals surface area (Å²) in [4.78, 5) is 16.7. The first-order valence-electron chi connectivity index (χ1n) is 6.75. The van der Waals surface area contributed by atoms with E-state index in [4.69, 9.17) is 4.74 Å². The number of rotatable bonds is 5. The lowest BCUT2D eigenvalue weighted by atomic mass is 10.1. The van der Waals surface area contributed by atoms with Crippen LogP contribution in [0.5, 0.6) is 0 Å². The van der Waals surface area contributed by atoms with Gasteiger partial charge < -0.3 is 9.84 Å². The molecule has 0 aliphatic carbocycles. The Kier molecular flexibility index (Phi) is 4.49. The fraction of sp³-hybridized carbons (Fsp3) is 0.125. The van der Waals surface area contributed by atoms with E-state index in [1.165, 1.54) is 24.7 Å². The van der Waals surface area contributed by atoms with Crippen LogP contribution in [0.2, 0.25) is 0 Å². The van der Waals surface area contributed by atoms with Gasteiger partial charge in [0.2, 0.25) is 0 Å². The molecule has 0 aliphatic heterocycles. The molecule has 0 unspecified atom stereocenters. The van der Waals surface area contributed by atoms with Gasteiger partial charge in [0.05, 0.1) is 24.6 Å². The van der Waals surface area contributed by atoms with Gasteiger partial charge in [-0.05, 0) is 12.1 Å². The molecule has 2 heterocycles. The number of hydrogen-bond acceptors (Lipinski definition) is 4. The number of methoxy groups -OCH3 is 1. The van der Waals surface area contributed by atoms with Gasteiger partial charge in [0, 0.05) is 33.7 Å². The summed E-state index contributed by atoms with van der Waals surface area (Å²) < 4.78 is 7.78. The molecule has 0 spiro atoms. The highest BCUT2D eigenvalue weighted by Gasteiger charge is 2.14. The molecule has 2 aromatic heterocycles. The number of thiazole rings is 1. The second-order valence-electron chi connectivity index (χ2n) is 4.87. The fourth-order valence-corrected chi connectivity index (χ4v) is 3.36. The normalized spacial score (nSPS) is 11.8. The Bertz CT molecular complexity index is 881. The summed E-state index contributed by atoms with van der Waals surface area (Å²) in [5, 5.41) is 11.1. The molecule has 23 heavy (non-hydrogen) atoms. The lowest BCUT2D eigenvalue weighted by Gasteiger charge is -2.01. The molecular weight excluding hydrogens is 380 g/mol. The summed E-state index contributed by atoms with van der Waals surface area (Å²) in [5.41, 5.74) is 2.94. The largest absolute Gasteiger partial charge is 0.504 e. The van der Waals surface area contributed by atoms with Gasteiger partial charge in [0.1, 0.15) is 0 Å². The first-order valence-corrected chi connectivity index (χ1v) is 8.42. The van der Waals surface area contributed by atoms with Crippen LogP contribution in [0, 0.1) is 0 Å². The maximum Gasteiger partial charge on any atom is 0.335 e. The molecule has 7 heteroatoms. The molecule has 0 amide bonds. The predicted octanol–water partition coefficient (Wildman–Crippen LogP) is 3.98. The third-order valence-electron chi connectivity index (χ3n) is 3.33. The van der Waals surface area contributed by atoms with Crippen LogP contribution in [0.4, 0.5) is 0 Å². The number of halogens is 1. The van der Waals surface area contributed by atoms with E-state index < -0.39 is 5.97 Å². The van der Waals surface area contributed by atoms with Crippen molar-refractivity contribution in [2.45, 2.75) is 6.42 Å². The average Bonchev–Trinajstić information content (AvgIpc) is 3.09. The van der Waals surface area contributed by atoms with E-state index in [1.807, 2.05) is 40.2 Å². The Hall–Kier alpha value is -2.12. The lowest BCUT2D eigenvalue weighted by Crippen LogP contribution is -2.05. The van der Waals surface area contributed by atoms with Gasteiger partial charge in [0.15, 0.2) is 4.96 Å². The van der Waals surface area contributed by atoms with Gasteiger partial charge in [-0.1, -0.05) is 28.1 Å². The molecule has 118 valence electrons. The van der Waals surface area contributed by atoms with Crippen molar-refractivity contribution in [1.82, 2.24) is 9.38 Å². The molecule has 0 radical (unpaired) electrons. The number of nitrogens with zero attached hydrogens (tertiary/aromatic N) is 2. The molecule has 0 fully saturated rings. The zero-order valence-electron chi connectivity index (χ0n) is 12.2. The van der Waals surface area contributed by atoms with E-state index in [-0.39, 0.29) is 12.0 Å². The highest BCUT2D eigenvalue weighted by atomic mass is 79.9. The number of benzene rings is 1. The number of hydrogen-bond donors (Lipinski definition) is 1. The Morgan fingerprint density at radius 3 is 2.83 bits per heavy atom. The highest BCUT2D eigenvalue weighted by molar-refractivity contribution is 9.10. The quantitative estimate of drug-likeness (QED) is 0.526. The minimum Gasteiger partial charge on any atom is -0.504 e. The van der Waals surface area contributed by atoms with Crippen molar-refractivity contribution in [2.24, 2.45) is 0 Å². The van der Waals surface area contributed by atoms with Crippen molar-refractivity contribution in [3.05, 3.63) is 57.8 Å². The molecule has 1 aromatic carbocycles. The minimum atomic E-state index is -0.987. The van der Waals surface area contributed by atoms with Gasteiger partial charge in [-0.3, -0.25) is 4.40 Å². The van der Waals surface area contributed by atoms with E-state index in [1.54, 1.807) is 0 Å². The van der Waals surface area contributed by atoms with Crippen LogP contribution >= 0.6 is 27.3 Å². The summed E-state index contributed by atoms with van der Waals surface area (Å²) in [6.07, 6.45) is 3.47. The second kappa shape index (κ2) is 6.55. The van der Waals surface area contributed by atoms with E-state index in [9.17, 15) is 9.90 Å². The fourth-order valence-electron chi connectivity index (χ4n) is 2.22. The number of carboxylic acid groups (broad SMARTS) is 1. The first-order chi connectivity index (χ1) is 11.1. The smallest absolute Gasteiger partial charge is 0.335 e. The maximum atomic E-state index is 11.2. The summed E-state index contributed by atoms with van der Waals surface area (Å²) in [6, 6.07) is 7.91. The van der Waals surface area contributed by atoms with Gasteiger partial charge >= 0.3 is 5.97 Å². The summed E-state index contributed by atoms with van der Waals surface area (Å²) in [7, 11) is 1.44. The number of ether oxygens (including phenoxy) is 1. The molecule has 3 rings (SSSR count). The summed E-state index contributed by atoms with van der Waals surface area (Å²) in [5.74, 6) is -0.987. The molecule has 0 atom stereocenters. The Balaban J connectivity index is 1.96. The third-order valence-corrected chi connectivity index (χ3v) is 4.75. The number of carboxylic acids is 1. The van der Waals surface area contributed by atoms with Crippen LogP contribution < -0.4 is 0 Å².